The van der Waals surface area contributed by atoms with Gasteiger partial charge in [0.15, 0.2) is 5.82 Å². The average Bonchev–Trinajstić information content (AvgIpc) is 2.87. The molecule has 18 heavy (non-hydrogen) atoms. The molecule has 88 valence electrons. The minimum Gasteiger partial charge on any atom is -0.387 e. The first-order valence-electron chi connectivity index (χ1n) is 5.44. The Balaban J connectivity index is 2.32. The smallest absolute Gasteiger partial charge is 0.172 e. The monoisotopic (exact) mass is 254 g/mol. The second kappa shape index (κ2) is 4.19. The number of hydrogen-bond donors (Lipinski definition) is 1. The van der Waals surface area contributed by atoms with Crippen LogP contribution in [0, 0.1) is 0 Å². The van der Waals surface area contributed by atoms with Gasteiger partial charge in [-0.1, -0.05) is 30.4 Å². The van der Waals surface area contributed by atoms with E-state index in [1.54, 1.807) is 12.4 Å². The van der Waals surface area contributed by atoms with Crippen molar-refractivity contribution >= 4 is 28.1 Å². The molecule has 0 radical (unpaired) electrons. The SMILES string of the molecule is NC(=S)c1nccn1-c1ccnc2ccccc12. The summed E-state index contributed by atoms with van der Waals surface area (Å²) in [5, 5.41) is 1.04. The number of para-hydroxylation sites is 1. The first-order chi connectivity index (χ1) is 8.77. The minimum absolute atomic E-state index is 0.279. The molecule has 4 nitrogen and oxygen atoms in total. The zero-order valence-corrected chi connectivity index (χ0v) is 10.3. The Bertz CT molecular complexity index is 727. The van der Waals surface area contributed by atoms with E-state index in [0.29, 0.717) is 5.82 Å². The van der Waals surface area contributed by atoms with Gasteiger partial charge in [-0.15, -0.1) is 0 Å². The van der Waals surface area contributed by atoms with E-state index in [4.69, 9.17) is 18.0 Å². The van der Waals surface area contributed by atoms with E-state index in [2.05, 4.69) is 9.97 Å². The van der Waals surface area contributed by atoms with E-state index in [-0.39, 0.29) is 4.99 Å². The van der Waals surface area contributed by atoms with Crippen LogP contribution in [0.25, 0.3) is 16.6 Å². The summed E-state index contributed by atoms with van der Waals surface area (Å²) in [6.07, 6.45) is 5.29. The van der Waals surface area contributed by atoms with Crippen molar-refractivity contribution in [3.63, 3.8) is 0 Å². The highest BCUT2D eigenvalue weighted by molar-refractivity contribution is 7.80. The van der Waals surface area contributed by atoms with Gasteiger partial charge in [0.1, 0.15) is 4.99 Å². The fraction of sp³-hybridized carbons (Fsp3) is 0. The molecule has 0 saturated heterocycles. The molecule has 0 atom stereocenters. The Morgan fingerprint density at radius 2 is 1.94 bits per heavy atom. The number of aromatic nitrogens is 3. The molecule has 2 heterocycles. The average molecular weight is 254 g/mol. The molecule has 0 aliphatic rings. The van der Waals surface area contributed by atoms with E-state index in [0.717, 1.165) is 16.6 Å². The summed E-state index contributed by atoms with van der Waals surface area (Å²) in [4.78, 5) is 8.78. The molecule has 0 bridgehead atoms. The van der Waals surface area contributed by atoms with Crippen LogP contribution in [0.15, 0.2) is 48.9 Å². The Kier molecular flexibility index (Phi) is 2.53. The van der Waals surface area contributed by atoms with Gasteiger partial charge >= 0.3 is 0 Å². The highest BCUT2D eigenvalue weighted by Gasteiger charge is 2.10. The largest absolute Gasteiger partial charge is 0.387 e. The van der Waals surface area contributed by atoms with Crippen molar-refractivity contribution in [2.24, 2.45) is 5.73 Å². The van der Waals surface area contributed by atoms with Crippen molar-refractivity contribution in [3.05, 3.63) is 54.7 Å². The second-order valence-electron chi connectivity index (χ2n) is 3.83. The fourth-order valence-electron chi connectivity index (χ4n) is 1.97. The van der Waals surface area contributed by atoms with E-state index in [9.17, 15) is 0 Å². The Morgan fingerprint density at radius 1 is 1.11 bits per heavy atom. The topological polar surface area (TPSA) is 56.7 Å². The minimum atomic E-state index is 0.279. The zero-order chi connectivity index (χ0) is 12.5. The number of thiocarbonyl (C=S) groups is 1. The van der Waals surface area contributed by atoms with E-state index in [1.807, 2.05) is 41.1 Å². The molecular formula is C13H10N4S. The lowest BCUT2D eigenvalue weighted by Crippen LogP contribution is -2.16. The molecule has 3 aromatic rings. The predicted molar refractivity (Wildman–Crippen MR) is 74.8 cm³/mol. The third kappa shape index (κ3) is 1.65. The van der Waals surface area contributed by atoms with Crippen LogP contribution in [0.4, 0.5) is 0 Å². The van der Waals surface area contributed by atoms with Gasteiger partial charge in [-0.3, -0.25) is 9.55 Å². The normalized spacial score (nSPS) is 10.7. The van der Waals surface area contributed by atoms with Crippen molar-refractivity contribution in [1.29, 1.82) is 0 Å². The van der Waals surface area contributed by atoms with Gasteiger partial charge in [0.05, 0.1) is 11.2 Å². The third-order valence-corrected chi connectivity index (χ3v) is 2.93. The van der Waals surface area contributed by atoms with E-state index >= 15 is 0 Å². The molecule has 0 fully saturated rings. The lowest BCUT2D eigenvalue weighted by Gasteiger charge is -2.09. The Hall–Kier alpha value is -2.27. The van der Waals surface area contributed by atoms with Crippen LogP contribution in [-0.4, -0.2) is 19.5 Å². The van der Waals surface area contributed by atoms with Crippen molar-refractivity contribution < 1.29 is 0 Å². The van der Waals surface area contributed by atoms with Gasteiger partial charge in [0.2, 0.25) is 0 Å². The molecular weight excluding hydrogens is 244 g/mol. The lowest BCUT2D eigenvalue weighted by molar-refractivity contribution is 1.04. The quantitative estimate of drug-likeness (QED) is 0.711. The van der Waals surface area contributed by atoms with Gasteiger partial charge in [-0.25, -0.2) is 4.98 Å². The van der Waals surface area contributed by atoms with Crippen LogP contribution in [0.3, 0.4) is 0 Å². The third-order valence-electron chi connectivity index (χ3n) is 2.75. The molecule has 1 aromatic carbocycles. The number of rotatable bonds is 2. The first kappa shape index (κ1) is 10.9. The van der Waals surface area contributed by atoms with Crippen molar-refractivity contribution in [1.82, 2.24) is 14.5 Å². The molecule has 0 aliphatic carbocycles. The maximum absolute atomic E-state index is 5.67. The van der Waals surface area contributed by atoms with Crippen LogP contribution >= 0.6 is 12.2 Å². The van der Waals surface area contributed by atoms with Gasteiger partial charge in [0, 0.05) is 24.0 Å². The van der Waals surface area contributed by atoms with Crippen molar-refractivity contribution in [3.8, 4) is 5.69 Å². The molecule has 0 saturated carbocycles. The summed E-state index contributed by atoms with van der Waals surface area (Å²) in [5.41, 5.74) is 7.57. The number of pyridine rings is 1. The van der Waals surface area contributed by atoms with Crippen molar-refractivity contribution in [2.45, 2.75) is 0 Å². The maximum Gasteiger partial charge on any atom is 0.172 e. The Morgan fingerprint density at radius 3 is 2.78 bits per heavy atom. The molecule has 0 unspecified atom stereocenters. The van der Waals surface area contributed by atoms with Crippen LogP contribution in [-0.2, 0) is 0 Å². The molecule has 0 amide bonds. The summed E-state index contributed by atoms with van der Waals surface area (Å²) in [7, 11) is 0. The molecule has 0 aliphatic heterocycles. The first-order valence-corrected chi connectivity index (χ1v) is 5.85. The summed E-state index contributed by atoms with van der Waals surface area (Å²) < 4.78 is 1.88. The Labute approximate surface area is 109 Å². The number of nitrogens with zero attached hydrogens (tertiary/aromatic N) is 3. The number of benzene rings is 1. The fourth-order valence-corrected chi connectivity index (χ4v) is 2.12. The van der Waals surface area contributed by atoms with Gasteiger partial charge in [-0.05, 0) is 12.1 Å². The lowest BCUT2D eigenvalue weighted by atomic mass is 10.2. The van der Waals surface area contributed by atoms with E-state index in [1.165, 1.54) is 0 Å². The molecule has 2 N–H and O–H groups in total. The highest BCUT2D eigenvalue weighted by atomic mass is 32.1. The van der Waals surface area contributed by atoms with Gasteiger partial charge in [0.25, 0.3) is 0 Å². The molecule has 0 spiro atoms. The summed E-state index contributed by atoms with van der Waals surface area (Å²) in [6, 6.07) is 9.84. The summed E-state index contributed by atoms with van der Waals surface area (Å²) >= 11 is 5.00. The van der Waals surface area contributed by atoms with E-state index < -0.39 is 0 Å². The predicted octanol–water partition coefficient (Wildman–Crippen LogP) is 2.05. The molecule has 3 rings (SSSR count). The maximum atomic E-state index is 5.67. The highest BCUT2D eigenvalue weighted by Crippen LogP contribution is 2.21. The zero-order valence-electron chi connectivity index (χ0n) is 9.45. The number of hydrogen-bond acceptors (Lipinski definition) is 3. The summed E-state index contributed by atoms with van der Waals surface area (Å²) in [6.45, 7) is 0. The van der Waals surface area contributed by atoms with Crippen molar-refractivity contribution in [2.75, 3.05) is 0 Å². The standard InChI is InChI=1S/C13H10N4S/c14-12(18)13-16-7-8-17(13)11-5-6-15-10-4-2-1-3-9(10)11/h1-8H,(H2,14,18). The van der Waals surface area contributed by atoms with Gasteiger partial charge in [-0.2, -0.15) is 0 Å². The molecule has 5 heteroatoms. The number of nitrogens with two attached hydrogens (primary N) is 1. The van der Waals surface area contributed by atoms with Crippen LogP contribution < -0.4 is 5.73 Å². The number of fused-ring (bicyclic) bond motifs is 1. The molecule has 2 aromatic heterocycles. The van der Waals surface area contributed by atoms with Crippen LogP contribution in [0.1, 0.15) is 5.82 Å². The van der Waals surface area contributed by atoms with Gasteiger partial charge < -0.3 is 5.73 Å². The van der Waals surface area contributed by atoms with Crippen LogP contribution in [0.2, 0.25) is 0 Å². The second-order valence-corrected chi connectivity index (χ2v) is 4.27. The van der Waals surface area contributed by atoms with Crippen LogP contribution in [0.5, 0.6) is 0 Å². The summed E-state index contributed by atoms with van der Waals surface area (Å²) in [5.74, 6) is 0.585. The number of imidazole rings is 1.